The second kappa shape index (κ2) is 9.32. The largest absolute Gasteiger partial charge is 0.494 e. The predicted octanol–water partition coefficient (Wildman–Crippen LogP) is 6.59. The lowest BCUT2D eigenvalue weighted by Crippen LogP contribution is -2.14. The Hall–Kier alpha value is -2.21. The van der Waals surface area contributed by atoms with Crippen molar-refractivity contribution in [1.82, 2.24) is 0 Å². The van der Waals surface area contributed by atoms with Crippen LogP contribution in [0.15, 0.2) is 36.4 Å². The Bertz CT molecular complexity index is 835. The van der Waals surface area contributed by atoms with Crippen LogP contribution in [0.4, 0.5) is 18.9 Å². The number of halogens is 4. The molecule has 3 nitrogen and oxygen atoms in total. The molecule has 28 heavy (non-hydrogen) atoms. The molecule has 0 aliphatic rings. The second-order valence-electron chi connectivity index (χ2n) is 6.87. The average Bonchev–Trinajstić information content (AvgIpc) is 2.59. The van der Waals surface area contributed by atoms with Crippen molar-refractivity contribution < 1.29 is 22.7 Å². The van der Waals surface area contributed by atoms with Gasteiger partial charge in [0.2, 0.25) is 5.91 Å². The fourth-order valence-corrected chi connectivity index (χ4v) is 3.08. The molecule has 0 aliphatic heterocycles. The number of carbonyl (C=O) groups is 1. The minimum Gasteiger partial charge on any atom is -0.494 e. The molecule has 1 amide bonds. The van der Waals surface area contributed by atoms with Crippen LogP contribution in [0, 0.1) is 6.92 Å². The number of carbonyl (C=O) groups excluding carboxylic acids is 1. The maximum absolute atomic E-state index is 12.9. The Morgan fingerprint density at radius 3 is 2.50 bits per heavy atom. The van der Waals surface area contributed by atoms with Gasteiger partial charge >= 0.3 is 6.18 Å². The van der Waals surface area contributed by atoms with Gasteiger partial charge in [-0.1, -0.05) is 31.5 Å². The Morgan fingerprint density at radius 2 is 1.89 bits per heavy atom. The highest BCUT2D eigenvalue weighted by atomic mass is 35.5. The zero-order valence-corrected chi connectivity index (χ0v) is 16.7. The number of benzene rings is 2. The minimum absolute atomic E-state index is 0.0579. The number of rotatable bonds is 7. The lowest BCUT2D eigenvalue weighted by Gasteiger charge is -2.13. The van der Waals surface area contributed by atoms with Gasteiger partial charge < -0.3 is 10.1 Å². The number of aryl methyl sites for hydroxylation is 1. The van der Waals surface area contributed by atoms with E-state index in [0.717, 1.165) is 23.4 Å². The second-order valence-corrected chi connectivity index (χ2v) is 7.27. The van der Waals surface area contributed by atoms with E-state index in [4.69, 9.17) is 16.3 Å². The molecule has 2 aromatic rings. The van der Waals surface area contributed by atoms with Gasteiger partial charge in [-0.2, -0.15) is 13.2 Å². The van der Waals surface area contributed by atoms with Gasteiger partial charge in [0.15, 0.2) is 0 Å². The molecule has 0 unspecified atom stereocenters. The Kier molecular flexibility index (Phi) is 7.35. The number of anilines is 1. The van der Waals surface area contributed by atoms with Gasteiger partial charge in [-0.25, -0.2) is 0 Å². The molecule has 0 fully saturated rings. The molecule has 0 bridgehead atoms. The molecular formula is C21H23ClF3NO2. The van der Waals surface area contributed by atoms with Crippen molar-refractivity contribution in [1.29, 1.82) is 0 Å². The third-order valence-corrected chi connectivity index (χ3v) is 4.57. The molecule has 1 N–H and O–H groups in total. The quantitative estimate of drug-likeness (QED) is 0.520. The summed E-state index contributed by atoms with van der Waals surface area (Å²) in [5, 5.41) is 2.05. The fourth-order valence-electron chi connectivity index (χ4n) is 2.85. The van der Waals surface area contributed by atoms with Crippen molar-refractivity contribution in [2.75, 3.05) is 11.9 Å². The summed E-state index contributed by atoms with van der Waals surface area (Å²) in [4.78, 5) is 12.0. The van der Waals surface area contributed by atoms with Crippen LogP contribution in [0.5, 0.6) is 5.75 Å². The summed E-state index contributed by atoms with van der Waals surface area (Å²) in [5.41, 5.74) is 1.49. The average molecular weight is 414 g/mol. The van der Waals surface area contributed by atoms with Crippen molar-refractivity contribution in [3.63, 3.8) is 0 Å². The van der Waals surface area contributed by atoms with Gasteiger partial charge in [0.1, 0.15) is 5.75 Å². The summed E-state index contributed by atoms with van der Waals surface area (Å²) >= 11 is 5.57. The molecule has 2 rings (SSSR count). The first-order valence-corrected chi connectivity index (χ1v) is 9.35. The van der Waals surface area contributed by atoms with Crippen molar-refractivity contribution in [3.8, 4) is 5.75 Å². The highest BCUT2D eigenvalue weighted by Crippen LogP contribution is 2.36. The zero-order valence-electron chi connectivity index (χ0n) is 16.0. The Morgan fingerprint density at radius 1 is 1.18 bits per heavy atom. The number of alkyl halides is 3. The molecular weight excluding hydrogens is 391 g/mol. The monoisotopic (exact) mass is 413 g/mol. The fraction of sp³-hybridized carbons (Fsp3) is 0.381. The van der Waals surface area contributed by atoms with E-state index in [1.807, 2.05) is 25.1 Å². The van der Waals surface area contributed by atoms with Crippen LogP contribution in [0.25, 0.3) is 0 Å². The third-order valence-electron chi connectivity index (χ3n) is 4.24. The van der Waals surface area contributed by atoms with Crippen LogP contribution in [0.1, 0.15) is 49.3 Å². The van der Waals surface area contributed by atoms with Gasteiger partial charge in [-0.15, -0.1) is 0 Å². The van der Waals surface area contributed by atoms with Crippen LogP contribution < -0.4 is 10.1 Å². The molecule has 0 aromatic heterocycles. The normalized spacial score (nSPS) is 11.6. The van der Waals surface area contributed by atoms with E-state index >= 15 is 0 Å². The minimum atomic E-state index is -4.57. The van der Waals surface area contributed by atoms with Crippen molar-refractivity contribution in [3.05, 3.63) is 58.1 Å². The summed E-state index contributed by atoms with van der Waals surface area (Å²) in [6.45, 7) is 6.61. The lowest BCUT2D eigenvalue weighted by atomic mass is 9.98. The van der Waals surface area contributed by atoms with Crippen LogP contribution in [-0.2, 0) is 11.0 Å². The van der Waals surface area contributed by atoms with E-state index in [2.05, 4.69) is 19.2 Å². The SMILES string of the molecule is Cc1cc(OCCCC(=O)Nc2ccc(Cl)c(C(F)(F)F)c2)ccc1C(C)C. The number of hydrogen-bond donors (Lipinski definition) is 1. The number of ether oxygens (including phenoxy) is 1. The third kappa shape index (κ3) is 6.16. The van der Waals surface area contributed by atoms with E-state index in [-0.39, 0.29) is 18.0 Å². The summed E-state index contributed by atoms with van der Waals surface area (Å²) in [6.07, 6.45) is -4.00. The Labute approximate surface area is 167 Å². The number of hydrogen-bond acceptors (Lipinski definition) is 2. The molecule has 0 heterocycles. The van der Waals surface area contributed by atoms with E-state index in [1.54, 1.807) is 0 Å². The first-order valence-electron chi connectivity index (χ1n) is 8.98. The van der Waals surface area contributed by atoms with E-state index in [1.165, 1.54) is 11.6 Å². The molecule has 0 aliphatic carbocycles. The molecule has 0 spiro atoms. The Balaban J connectivity index is 1.83. The molecule has 7 heteroatoms. The first-order chi connectivity index (χ1) is 13.1. The first kappa shape index (κ1) is 22.1. The molecule has 0 atom stereocenters. The van der Waals surface area contributed by atoms with Gasteiger partial charge in [0.25, 0.3) is 0 Å². The molecule has 0 radical (unpaired) electrons. The van der Waals surface area contributed by atoms with Crippen LogP contribution >= 0.6 is 11.6 Å². The summed E-state index contributed by atoms with van der Waals surface area (Å²) < 4.78 is 44.2. The van der Waals surface area contributed by atoms with E-state index in [0.29, 0.717) is 18.9 Å². The molecule has 0 saturated carbocycles. The predicted molar refractivity (Wildman–Crippen MR) is 105 cm³/mol. The van der Waals surface area contributed by atoms with Gasteiger partial charge in [-0.05, 0) is 60.7 Å². The summed E-state index contributed by atoms with van der Waals surface area (Å²) in [7, 11) is 0. The number of amides is 1. The highest BCUT2D eigenvalue weighted by molar-refractivity contribution is 6.31. The smallest absolute Gasteiger partial charge is 0.417 e. The van der Waals surface area contributed by atoms with E-state index in [9.17, 15) is 18.0 Å². The molecule has 152 valence electrons. The standard InChI is InChI=1S/C21H23ClF3NO2/c1-13(2)17-8-7-16(11-14(17)3)28-10-4-5-20(27)26-15-6-9-19(22)18(12-15)21(23,24)25/h6-9,11-13H,4-5,10H2,1-3H3,(H,26,27). The van der Waals surface area contributed by atoms with Crippen LogP contribution in [-0.4, -0.2) is 12.5 Å². The van der Waals surface area contributed by atoms with Crippen molar-refractivity contribution in [2.45, 2.75) is 45.7 Å². The zero-order chi connectivity index (χ0) is 20.9. The summed E-state index contributed by atoms with van der Waals surface area (Å²) in [6, 6.07) is 9.17. The lowest BCUT2D eigenvalue weighted by molar-refractivity contribution is -0.137. The highest BCUT2D eigenvalue weighted by Gasteiger charge is 2.33. The van der Waals surface area contributed by atoms with Crippen LogP contribution in [0.2, 0.25) is 5.02 Å². The van der Waals surface area contributed by atoms with Crippen molar-refractivity contribution >= 4 is 23.2 Å². The van der Waals surface area contributed by atoms with Crippen LogP contribution in [0.3, 0.4) is 0 Å². The maximum atomic E-state index is 12.9. The maximum Gasteiger partial charge on any atom is 0.417 e. The van der Waals surface area contributed by atoms with E-state index < -0.39 is 16.8 Å². The summed E-state index contributed by atoms with van der Waals surface area (Å²) in [5.74, 6) is 0.781. The topological polar surface area (TPSA) is 38.3 Å². The molecule has 2 aromatic carbocycles. The molecule has 0 saturated heterocycles. The van der Waals surface area contributed by atoms with Gasteiger partial charge in [-0.3, -0.25) is 4.79 Å². The van der Waals surface area contributed by atoms with Gasteiger partial charge in [0, 0.05) is 12.1 Å². The number of nitrogens with one attached hydrogen (secondary N) is 1. The van der Waals surface area contributed by atoms with Crippen molar-refractivity contribution in [2.24, 2.45) is 0 Å². The van der Waals surface area contributed by atoms with Gasteiger partial charge in [0.05, 0.1) is 17.2 Å².